The van der Waals surface area contributed by atoms with E-state index in [9.17, 15) is 13.6 Å². The van der Waals surface area contributed by atoms with Gasteiger partial charge in [0.1, 0.15) is 23.2 Å². The Hall–Kier alpha value is -2.82. The number of imidazole rings is 1. The first kappa shape index (κ1) is 20.9. The molecule has 0 N–H and O–H groups in total. The highest BCUT2D eigenvalue weighted by Gasteiger charge is 2.18. The molecule has 0 aliphatic heterocycles. The Balaban J connectivity index is 1.87. The first-order valence-corrected chi connectivity index (χ1v) is 10.0. The standard InChI is InChI=1S/C24H26F2N2O/c1-17(29)7-5-3-4-6-16-28-18(2)27-23(19-8-12-21(25)13-9-19)24(28)20-10-14-22(26)15-11-20/h8-15H,3-7,16H2,1-2H3. The molecule has 0 spiro atoms. The number of Topliss-reactive ketones (excluding diaryl/α,β-unsaturated/α-hetero) is 1. The van der Waals surface area contributed by atoms with Crippen molar-refractivity contribution in [2.24, 2.45) is 0 Å². The molecule has 29 heavy (non-hydrogen) atoms. The Labute approximate surface area is 170 Å². The Morgan fingerprint density at radius 1 is 0.862 bits per heavy atom. The summed E-state index contributed by atoms with van der Waals surface area (Å²) in [6.07, 6.45) is 4.57. The number of ketones is 1. The number of halogens is 2. The Bertz CT molecular complexity index is 960. The van der Waals surface area contributed by atoms with E-state index in [2.05, 4.69) is 4.57 Å². The van der Waals surface area contributed by atoms with Gasteiger partial charge in [-0.2, -0.15) is 0 Å². The summed E-state index contributed by atoms with van der Waals surface area (Å²) in [5.41, 5.74) is 3.39. The second-order valence-electron chi connectivity index (χ2n) is 7.39. The summed E-state index contributed by atoms with van der Waals surface area (Å²) in [5.74, 6) is 0.523. The fourth-order valence-electron chi connectivity index (χ4n) is 3.55. The van der Waals surface area contributed by atoms with Crippen LogP contribution in [-0.2, 0) is 11.3 Å². The topological polar surface area (TPSA) is 34.9 Å². The van der Waals surface area contributed by atoms with Crippen LogP contribution in [0.5, 0.6) is 0 Å². The zero-order valence-electron chi connectivity index (χ0n) is 16.9. The van der Waals surface area contributed by atoms with Gasteiger partial charge < -0.3 is 9.36 Å². The van der Waals surface area contributed by atoms with E-state index in [4.69, 9.17) is 4.98 Å². The zero-order chi connectivity index (χ0) is 20.8. The van der Waals surface area contributed by atoms with E-state index in [-0.39, 0.29) is 17.4 Å². The fraction of sp³-hybridized carbons (Fsp3) is 0.333. The molecular formula is C24H26F2N2O. The van der Waals surface area contributed by atoms with Gasteiger partial charge in [-0.1, -0.05) is 12.8 Å². The Kier molecular flexibility index (Phi) is 6.91. The molecule has 0 unspecified atom stereocenters. The minimum absolute atomic E-state index is 0.234. The molecule has 2 aromatic carbocycles. The fourth-order valence-corrected chi connectivity index (χ4v) is 3.55. The van der Waals surface area contributed by atoms with Crippen molar-refractivity contribution in [2.45, 2.75) is 52.5 Å². The molecule has 0 saturated carbocycles. The van der Waals surface area contributed by atoms with E-state index >= 15 is 0 Å². The summed E-state index contributed by atoms with van der Waals surface area (Å²) in [6, 6.07) is 12.7. The SMILES string of the molecule is CC(=O)CCCCCCn1c(C)nc(-c2ccc(F)cc2)c1-c1ccc(F)cc1. The zero-order valence-corrected chi connectivity index (χ0v) is 16.9. The predicted octanol–water partition coefficient (Wildman–Crippen LogP) is 6.34. The summed E-state index contributed by atoms with van der Waals surface area (Å²) in [6.45, 7) is 4.36. The summed E-state index contributed by atoms with van der Waals surface area (Å²) >= 11 is 0. The van der Waals surface area contributed by atoms with E-state index in [1.807, 2.05) is 6.92 Å². The molecule has 1 aromatic heterocycles. The third-order valence-corrected chi connectivity index (χ3v) is 5.05. The predicted molar refractivity (Wildman–Crippen MR) is 112 cm³/mol. The summed E-state index contributed by atoms with van der Waals surface area (Å²) < 4.78 is 29.0. The number of hydrogen-bond donors (Lipinski definition) is 0. The largest absolute Gasteiger partial charge is 0.328 e. The number of aryl methyl sites for hydroxylation is 1. The van der Waals surface area contributed by atoms with Gasteiger partial charge in [-0.05, 0) is 75.2 Å². The molecule has 0 aliphatic rings. The Morgan fingerprint density at radius 2 is 1.41 bits per heavy atom. The van der Waals surface area contributed by atoms with Gasteiger partial charge in [0.15, 0.2) is 0 Å². The number of carbonyl (C=O) groups is 1. The quantitative estimate of drug-likeness (QED) is 0.395. The molecule has 0 atom stereocenters. The third kappa shape index (κ3) is 5.37. The second-order valence-corrected chi connectivity index (χ2v) is 7.39. The van der Waals surface area contributed by atoms with Crippen LogP contribution in [-0.4, -0.2) is 15.3 Å². The average Bonchev–Trinajstić information content (AvgIpc) is 3.02. The van der Waals surface area contributed by atoms with Crippen LogP contribution in [0.3, 0.4) is 0 Å². The molecule has 0 amide bonds. The van der Waals surface area contributed by atoms with Gasteiger partial charge in [0, 0.05) is 24.1 Å². The molecule has 0 fully saturated rings. The van der Waals surface area contributed by atoms with Crippen molar-refractivity contribution in [1.29, 1.82) is 0 Å². The van der Waals surface area contributed by atoms with Crippen LogP contribution in [0, 0.1) is 18.6 Å². The highest BCUT2D eigenvalue weighted by atomic mass is 19.1. The maximum atomic E-state index is 13.5. The second kappa shape index (κ2) is 9.59. The molecule has 0 saturated heterocycles. The van der Waals surface area contributed by atoms with Crippen molar-refractivity contribution in [3.8, 4) is 22.5 Å². The molecule has 0 bridgehead atoms. The monoisotopic (exact) mass is 396 g/mol. The molecule has 1 heterocycles. The van der Waals surface area contributed by atoms with Gasteiger partial charge in [-0.25, -0.2) is 13.8 Å². The van der Waals surface area contributed by atoms with Crippen molar-refractivity contribution in [2.75, 3.05) is 0 Å². The minimum Gasteiger partial charge on any atom is -0.328 e. The van der Waals surface area contributed by atoms with Crippen LogP contribution in [0.2, 0.25) is 0 Å². The number of rotatable bonds is 9. The number of benzene rings is 2. The molecule has 5 heteroatoms. The van der Waals surface area contributed by atoms with Crippen LogP contribution < -0.4 is 0 Å². The van der Waals surface area contributed by atoms with Gasteiger partial charge >= 0.3 is 0 Å². The normalized spacial score (nSPS) is 11.0. The molecule has 152 valence electrons. The van der Waals surface area contributed by atoms with Crippen molar-refractivity contribution in [1.82, 2.24) is 9.55 Å². The van der Waals surface area contributed by atoms with Crippen molar-refractivity contribution in [3.63, 3.8) is 0 Å². The number of carbonyl (C=O) groups excluding carboxylic acids is 1. The number of aromatic nitrogens is 2. The highest BCUT2D eigenvalue weighted by Crippen LogP contribution is 2.33. The lowest BCUT2D eigenvalue weighted by atomic mass is 10.0. The smallest absolute Gasteiger partial charge is 0.129 e. The maximum absolute atomic E-state index is 13.5. The van der Waals surface area contributed by atoms with Crippen molar-refractivity contribution >= 4 is 5.78 Å². The maximum Gasteiger partial charge on any atom is 0.129 e. The Morgan fingerprint density at radius 3 is 2.00 bits per heavy atom. The van der Waals surface area contributed by atoms with E-state index in [1.165, 1.54) is 24.3 Å². The lowest BCUT2D eigenvalue weighted by Gasteiger charge is -2.12. The molecule has 3 rings (SSSR count). The average molecular weight is 396 g/mol. The minimum atomic E-state index is -0.293. The van der Waals surface area contributed by atoms with Gasteiger partial charge in [0.05, 0.1) is 11.4 Å². The van der Waals surface area contributed by atoms with Crippen LogP contribution in [0.25, 0.3) is 22.5 Å². The molecular weight excluding hydrogens is 370 g/mol. The van der Waals surface area contributed by atoms with E-state index in [1.54, 1.807) is 31.2 Å². The lowest BCUT2D eigenvalue weighted by molar-refractivity contribution is -0.117. The number of unbranched alkanes of at least 4 members (excludes halogenated alkanes) is 3. The molecule has 3 aromatic rings. The first-order chi connectivity index (χ1) is 14.0. The van der Waals surface area contributed by atoms with Crippen molar-refractivity contribution in [3.05, 3.63) is 66.0 Å². The third-order valence-electron chi connectivity index (χ3n) is 5.05. The van der Waals surface area contributed by atoms with E-state index < -0.39 is 0 Å². The van der Waals surface area contributed by atoms with Gasteiger partial charge in [-0.3, -0.25) is 0 Å². The lowest BCUT2D eigenvalue weighted by Crippen LogP contribution is -2.03. The molecule has 0 aliphatic carbocycles. The van der Waals surface area contributed by atoms with Gasteiger partial charge in [0.2, 0.25) is 0 Å². The molecule has 0 radical (unpaired) electrons. The number of nitrogens with zero attached hydrogens (tertiary/aromatic N) is 2. The highest BCUT2D eigenvalue weighted by molar-refractivity contribution is 5.79. The molecule has 3 nitrogen and oxygen atoms in total. The summed E-state index contributed by atoms with van der Waals surface area (Å²) in [7, 11) is 0. The van der Waals surface area contributed by atoms with E-state index in [0.29, 0.717) is 6.42 Å². The van der Waals surface area contributed by atoms with Crippen LogP contribution >= 0.6 is 0 Å². The van der Waals surface area contributed by atoms with Crippen molar-refractivity contribution < 1.29 is 13.6 Å². The van der Waals surface area contributed by atoms with E-state index in [0.717, 1.165) is 60.6 Å². The van der Waals surface area contributed by atoms with Crippen LogP contribution in [0.4, 0.5) is 8.78 Å². The number of hydrogen-bond acceptors (Lipinski definition) is 2. The summed E-state index contributed by atoms with van der Waals surface area (Å²) in [5, 5.41) is 0. The first-order valence-electron chi connectivity index (χ1n) is 10.0. The summed E-state index contributed by atoms with van der Waals surface area (Å²) in [4.78, 5) is 15.8. The van der Waals surface area contributed by atoms with Gasteiger partial charge in [0.25, 0.3) is 0 Å². The van der Waals surface area contributed by atoms with Crippen LogP contribution in [0.15, 0.2) is 48.5 Å². The van der Waals surface area contributed by atoms with Gasteiger partial charge in [-0.15, -0.1) is 0 Å². The van der Waals surface area contributed by atoms with Crippen LogP contribution in [0.1, 0.15) is 44.9 Å².